The molecule has 12 aromatic rings. The van der Waals surface area contributed by atoms with E-state index in [9.17, 15) is 0 Å². The van der Waals surface area contributed by atoms with Crippen molar-refractivity contribution < 1.29 is 0 Å². The Morgan fingerprint density at radius 3 is 0.787 bits per heavy atom. The summed E-state index contributed by atoms with van der Waals surface area (Å²) in [5.41, 5.74) is 34.6. The van der Waals surface area contributed by atoms with Gasteiger partial charge in [-0.1, -0.05) is 216 Å². The van der Waals surface area contributed by atoms with Crippen molar-refractivity contribution in [3.05, 3.63) is 334 Å². The zero-order valence-corrected chi connectivity index (χ0v) is 45.3. The van der Waals surface area contributed by atoms with E-state index in [1.54, 1.807) is 0 Å². The summed E-state index contributed by atoms with van der Waals surface area (Å²) >= 11 is 0. The number of hydrogen-bond donors (Lipinski definition) is 0. The quantitative estimate of drug-likeness (QED) is 0.157. The van der Waals surface area contributed by atoms with Crippen LogP contribution >= 0.6 is 0 Å². The van der Waals surface area contributed by atoms with Crippen LogP contribution in [0.4, 0.5) is 34.1 Å². The Bertz CT molecular complexity index is 4120. The lowest BCUT2D eigenvalue weighted by molar-refractivity contribution is 0.791. The Labute approximate surface area is 469 Å². The average Bonchev–Trinajstić information content (AvgIpc) is 4.26. The van der Waals surface area contributed by atoms with Crippen LogP contribution in [-0.4, -0.2) is 0 Å². The first kappa shape index (κ1) is 46.3. The summed E-state index contributed by atoms with van der Waals surface area (Å²) in [5, 5.41) is 0. The van der Waals surface area contributed by atoms with E-state index < -0.39 is 10.8 Å². The van der Waals surface area contributed by atoms with E-state index in [0.717, 1.165) is 45.3 Å². The molecule has 12 aromatic carbocycles. The monoisotopic (exact) mass is 1020 g/mol. The molecule has 0 N–H and O–H groups in total. The molecule has 2 spiro atoms. The van der Waals surface area contributed by atoms with E-state index in [1.165, 1.54) is 111 Å². The van der Waals surface area contributed by atoms with Gasteiger partial charge in [0.05, 0.1) is 10.8 Å². The summed E-state index contributed by atoms with van der Waals surface area (Å²) in [7, 11) is 0. The number of nitrogens with zero attached hydrogens (tertiary/aromatic N) is 2. The van der Waals surface area contributed by atoms with Crippen molar-refractivity contribution in [1.82, 2.24) is 0 Å². The van der Waals surface area contributed by atoms with E-state index in [4.69, 9.17) is 0 Å². The van der Waals surface area contributed by atoms with Crippen LogP contribution in [0.15, 0.2) is 267 Å². The van der Waals surface area contributed by atoms with Gasteiger partial charge in [-0.3, -0.25) is 0 Å². The first-order valence-corrected chi connectivity index (χ1v) is 28.1. The summed E-state index contributed by atoms with van der Waals surface area (Å²) < 4.78 is 0. The average molecular weight is 1020 g/mol. The van der Waals surface area contributed by atoms with Gasteiger partial charge < -0.3 is 9.80 Å². The second-order valence-corrected chi connectivity index (χ2v) is 22.7. The van der Waals surface area contributed by atoms with Gasteiger partial charge in [0.15, 0.2) is 0 Å². The molecule has 0 aliphatic heterocycles. The highest BCUT2D eigenvalue weighted by molar-refractivity contribution is 5.99. The molecule has 0 saturated heterocycles. The zero-order valence-electron chi connectivity index (χ0n) is 45.3. The third-order valence-electron chi connectivity index (χ3n) is 18.1. The van der Waals surface area contributed by atoms with Gasteiger partial charge in [-0.05, 0) is 201 Å². The molecule has 2 nitrogen and oxygen atoms in total. The van der Waals surface area contributed by atoms with Crippen LogP contribution < -0.4 is 9.80 Å². The maximum atomic E-state index is 2.49. The molecule has 0 aromatic heterocycles. The molecule has 80 heavy (non-hydrogen) atoms. The molecule has 378 valence electrons. The van der Waals surface area contributed by atoms with Crippen LogP contribution in [0.25, 0.3) is 55.6 Å². The molecule has 4 aliphatic rings. The number of fused-ring (bicyclic) bond motifs is 20. The Balaban J connectivity index is 0.786. The largest absolute Gasteiger partial charge is 0.310 e. The van der Waals surface area contributed by atoms with Gasteiger partial charge in [0.25, 0.3) is 0 Å². The summed E-state index contributed by atoms with van der Waals surface area (Å²) in [6, 6.07) is 101. The van der Waals surface area contributed by atoms with E-state index in [0.29, 0.717) is 0 Å². The van der Waals surface area contributed by atoms with Gasteiger partial charge in [0.2, 0.25) is 0 Å². The van der Waals surface area contributed by atoms with Gasteiger partial charge in [0.1, 0.15) is 0 Å². The molecule has 0 bridgehead atoms. The lowest BCUT2D eigenvalue weighted by Crippen LogP contribution is -2.26. The Hall–Kier alpha value is -9.76. The first-order chi connectivity index (χ1) is 39.3. The summed E-state index contributed by atoms with van der Waals surface area (Å²) in [4.78, 5) is 4.85. The Morgan fingerprint density at radius 2 is 0.450 bits per heavy atom. The molecular weight excluding hydrogens is 965 g/mol. The summed E-state index contributed by atoms with van der Waals surface area (Å²) in [6.07, 6.45) is 0. The highest BCUT2D eigenvalue weighted by Gasteiger charge is 2.53. The molecular formula is C78H56N2. The number of rotatable bonds is 7. The SMILES string of the molecule is Cc1ccc2c(c1)C1(c3ccccc3-c3ccc(N(c4ccccc4)c4ccc(-c5ccc(N(c6ccccc6)c6ccc7c(c6)C6(c8ccccc8-7)c7cc(C)ccc7-c7ccc(C)cc76)cc5)cc4)cc31)c1cc(C)ccc1-2. The Morgan fingerprint density at radius 1 is 0.200 bits per heavy atom. The predicted molar refractivity (Wildman–Crippen MR) is 333 cm³/mol. The van der Waals surface area contributed by atoms with Crippen molar-refractivity contribution in [2.45, 2.75) is 38.5 Å². The minimum Gasteiger partial charge on any atom is -0.310 e. The maximum Gasteiger partial charge on any atom is 0.0726 e. The number of benzene rings is 12. The molecule has 0 amide bonds. The van der Waals surface area contributed by atoms with Crippen molar-refractivity contribution in [2.75, 3.05) is 9.80 Å². The van der Waals surface area contributed by atoms with E-state index in [1.807, 2.05) is 0 Å². The van der Waals surface area contributed by atoms with Crippen molar-refractivity contribution >= 4 is 34.1 Å². The van der Waals surface area contributed by atoms with E-state index >= 15 is 0 Å². The van der Waals surface area contributed by atoms with Gasteiger partial charge in [-0.2, -0.15) is 0 Å². The highest BCUT2D eigenvalue weighted by atomic mass is 15.1. The Kier molecular flexibility index (Phi) is 10.1. The molecule has 4 aliphatic carbocycles. The van der Waals surface area contributed by atoms with Crippen molar-refractivity contribution in [3.63, 3.8) is 0 Å². The van der Waals surface area contributed by atoms with Crippen molar-refractivity contribution in [1.29, 1.82) is 0 Å². The summed E-state index contributed by atoms with van der Waals surface area (Å²) in [5.74, 6) is 0. The molecule has 16 rings (SSSR count). The second-order valence-electron chi connectivity index (χ2n) is 22.7. The van der Waals surface area contributed by atoms with E-state index in [2.05, 4.69) is 304 Å². The molecule has 2 heteroatoms. The van der Waals surface area contributed by atoms with Crippen molar-refractivity contribution in [2.24, 2.45) is 0 Å². The minimum absolute atomic E-state index is 0.444. The summed E-state index contributed by atoms with van der Waals surface area (Å²) in [6.45, 7) is 8.92. The van der Waals surface area contributed by atoms with Crippen LogP contribution in [0, 0.1) is 27.7 Å². The third kappa shape index (κ3) is 6.48. The van der Waals surface area contributed by atoms with E-state index in [-0.39, 0.29) is 0 Å². The fourth-order valence-electron chi connectivity index (χ4n) is 14.7. The van der Waals surface area contributed by atoms with Crippen LogP contribution in [0.3, 0.4) is 0 Å². The van der Waals surface area contributed by atoms with Gasteiger partial charge >= 0.3 is 0 Å². The topological polar surface area (TPSA) is 6.48 Å². The standard InChI is InChI=1S/C78H56N2/c1-49-23-37-63-64-38-24-50(2)44-72(64)77(71(63)43-49)69-21-13-11-19-61(69)67-41-35-59(47-75(67)77)79(55-15-7-5-8-16-55)57-31-27-53(28-32-57)54-29-33-58(34-30-54)80(56-17-9-6-10-18-56)60-36-42-68-62-20-12-14-22-70(62)78(76(68)48-60)73-45-51(3)25-39-65(73)66-40-26-52(4)46-74(66)78/h5-48H,1-4H3. The number of para-hydroxylation sites is 2. The fraction of sp³-hybridized carbons (Fsp3) is 0.0769. The molecule has 0 saturated carbocycles. The minimum atomic E-state index is -0.444. The van der Waals surface area contributed by atoms with Gasteiger partial charge in [0, 0.05) is 34.1 Å². The van der Waals surface area contributed by atoms with Crippen LogP contribution in [0.5, 0.6) is 0 Å². The maximum absolute atomic E-state index is 2.49. The number of hydrogen-bond acceptors (Lipinski definition) is 2. The van der Waals surface area contributed by atoms with Crippen LogP contribution in [0.1, 0.15) is 66.8 Å². The van der Waals surface area contributed by atoms with Gasteiger partial charge in [-0.25, -0.2) is 0 Å². The van der Waals surface area contributed by atoms with Crippen LogP contribution in [-0.2, 0) is 10.8 Å². The fourth-order valence-corrected chi connectivity index (χ4v) is 14.7. The lowest BCUT2D eigenvalue weighted by Gasteiger charge is -2.32. The highest BCUT2D eigenvalue weighted by Crippen LogP contribution is 2.65. The van der Waals surface area contributed by atoms with Gasteiger partial charge in [-0.15, -0.1) is 0 Å². The molecule has 0 radical (unpaired) electrons. The molecule has 0 fully saturated rings. The normalized spacial score (nSPS) is 13.7. The first-order valence-electron chi connectivity index (χ1n) is 28.1. The van der Waals surface area contributed by atoms with Crippen molar-refractivity contribution in [3.8, 4) is 55.6 Å². The third-order valence-corrected chi connectivity index (χ3v) is 18.1. The lowest BCUT2D eigenvalue weighted by atomic mass is 9.70. The molecule has 0 heterocycles. The second kappa shape index (κ2) is 17.4. The molecule has 0 unspecified atom stereocenters. The zero-order chi connectivity index (χ0) is 53.4. The number of aryl methyl sites for hydroxylation is 4. The van der Waals surface area contributed by atoms with Crippen LogP contribution in [0.2, 0.25) is 0 Å². The predicted octanol–water partition coefficient (Wildman–Crippen LogP) is 20.2. The molecule has 0 atom stereocenters. The number of anilines is 6. The smallest absolute Gasteiger partial charge is 0.0726 e.